The third-order valence-electron chi connectivity index (χ3n) is 8.88. The number of benzene rings is 6. The molecule has 188 valence electrons. The molecule has 0 amide bonds. The summed E-state index contributed by atoms with van der Waals surface area (Å²) in [6, 6.07) is 45.7. The largest absolute Gasteiger partial charge is 0.294 e. The van der Waals surface area contributed by atoms with Crippen LogP contribution in [0.4, 0.5) is 0 Å². The van der Waals surface area contributed by atoms with E-state index in [1.807, 2.05) is 18.2 Å². The molecule has 1 aliphatic carbocycles. The van der Waals surface area contributed by atoms with Crippen molar-refractivity contribution in [3.63, 3.8) is 0 Å². The Morgan fingerprint density at radius 3 is 1.85 bits per heavy atom. The first-order chi connectivity index (χ1) is 20.3. The quantitative estimate of drug-likeness (QED) is 0.213. The Labute approximate surface area is 234 Å². The van der Waals surface area contributed by atoms with Gasteiger partial charge in [0.15, 0.2) is 0 Å². The Bertz CT molecular complexity index is 2570. The fourth-order valence-corrected chi connectivity index (χ4v) is 7.15. The van der Waals surface area contributed by atoms with Crippen molar-refractivity contribution < 1.29 is 0 Å². The van der Waals surface area contributed by atoms with Gasteiger partial charge in [-0.3, -0.25) is 4.57 Å². The summed E-state index contributed by atoms with van der Waals surface area (Å²) in [7, 11) is 0. The number of hydrogen-bond donors (Lipinski definition) is 0. The maximum Gasteiger partial charge on any atom is 0.138 e. The van der Waals surface area contributed by atoms with Gasteiger partial charge in [-0.2, -0.15) is 0 Å². The highest BCUT2D eigenvalue weighted by atomic mass is 15.1. The van der Waals surface area contributed by atoms with Crippen molar-refractivity contribution in [3.05, 3.63) is 127 Å². The minimum atomic E-state index is 0.888. The average molecular weight is 520 g/mol. The Morgan fingerprint density at radius 1 is 0.390 bits per heavy atom. The minimum Gasteiger partial charge on any atom is -0.294 e. The van der Waals surface area contributed by atoms with Gasteiger partial charge < -0.3 is 0 Å². The Hall–Kier alpha value is -5.54. The highest BCUT2D eigenvalue weighted by molar-refractivity contribution is 6.38. The van der Waals surface area contributed by atoms with Gasteiger partial charge in [-0.05, 0) is 74.5 Å². The summed E-state index contributed by atoms with van der Waals surface area (Å²) < 4.78 is 2.34. The van der Waals surface area contributed by atoms with Gasteiger partial charge >= 0.3 is 0 Å². The van der Waals surface area contributed by atoms with Crippen LogP contribution in [0.15, 0.2) is 127 Å². The third-order valence-corrected chi connectivity index (χ3v) is 8.88. The zero-order valence-corrected chi connectivity index (χ0v) is 22.0. The molecule has 0 bridgehead atoms. The topological polar surface area (TPSA) is 30.7 Å². The van der Waals surface area contributed by atoms with E-state index in [1.165, 1.54) is 65.3 Å². The Balaban J connectivity index is 1.33. The average Bonchev–Trinajstić information content (AvgIpc) is 3.31. The van der Waals surface area contributed by atoms with Crippen molar-refractivity contribution in [1.82, 2.24) is 14.5 Å². The lowest BCUT2D eigenvalue weighted by atomic mass is 9.93. The molecule has 0 saturated carbocycles. The summed E-state index contributed by atoms with van der Waals surface area (Å²) in [5.41, 5.74) is 8.78. The van der Waals surface area contributed by atoms with Crippen LogP contribution in [0.25, 0.3) is 93.4 Å². The summed E-state index contributed by atoms with van der Waals surface area (Å²) in [4.78, 5) is 10.1. The Morgan fingerprint density at radius 2 is 1.02 bits per heavy atom. The van der Waals surface area contributed by atoms with Crippen molar-refractivity contribution in [2.24, 2.45) is 0 Å². The summed E-state index contributed by atoms with van der Waals surface area (Å²) in [6.45, 7) is 0. The molecule has 1 aliphatic rings. The zero-order chi connectivity index (χ0) is 26.7. The van der Waals surface area contributed by atoms with Crippen molar-refractivity contribution in [1.29, 1.82) is 0 Å². The van der Waals surface area contributed by atoms with E-state index in [9.17, 15) is 0 Å². The number of nitrogens with zero attached hydrogens (tertiary/aromatic N) is 3. The SMILES string of the molecule is c1ccc(-c2ccc3nc(-n4c5cccc6c5c5c7c(ccc8ccc9cccc-6c9c87)ccc54)ccc3n2)cc1. The monoisotopic (exact) mass is 519 g/mol. The van der Waals surface area contributed by atoms with Gasteiger partial charge in [0.05, 0.1) is 27.8 Å². The lowest BCUT2D eigenvalue weighted by Gasteiger charge is -2.13. The van der Waals surface area contributed by atoms with Crippen molar-refractivity contribution in [3.8, 4) is 28.2 Å². The summed E-state index contributed by atoms with van der Waals surface area (Å²) >= 11 is 0. The molecular formula is C38H21N3. The van der Waals surface area contributed by atoms with Crippen LogP contribution in [-0.4, -0.2) is 14.5 Å². The minimum absolute atomic E-state index is 0.888. The van der Waals surface area contributed by atoms with Gasteiger partial charge in [-0.1, -0.05) is 91.0 Å². The van der Waals surface area contributed by atoms with Gasteiger partial charge in [0.2, 0.25) is 0 Å². The lowest BCUT2D eigenvalue weighted by Crippen LogP contribution is -1.99. The molecule has 10 rings (SSSR count). The number of aromatic nitrogens is 3. The second-order valence-electron chi connectivity index (χ2n) is 11.0. The van der Waals surface area contributed by atoms with Crippen LogP contribution in [0.2, 0.25) is 0 Å². The van der Waals surface area contributed by atoms with E-state index in [0.717, 1.165) is 28.1 Å². The predicted octanol–water partition coefficient (Wildman–Crippen LogP) is 9.83. The van der Waals surface area contributed by atoms with Crippen LogP contribution in [-0.2, 0) is 0 Å². The molecule has 3 aromatic heterocycles. The first-order valence-corrected chi connectivity index (χ1v) is 14.0. The fourth-order valence-electron chi connectivity index (χ4n) is 7.15. The molecule has 0 radical (unpaired) electrons. The first-order valence-electron chi connectivity index (χ1n) is 14.0. The van der Waals surface area contributed by atoms with E-state index in [4.69, 9.17) is 9.97 Å². The Kier molecular flexibility index (Phi) is 3.93. The fraction of sp³-hybridized carbons (Fsp3) is 0. The smallest absolute Gasteiger partial charge is 0.138 e. The number of hydrogen-bond acceptors (Lipinski definition) is 2. The van der Waals surface area contributed by atoms with Gasteiger partial charge in [0, 0.05) is 21.7 Å². The molecule has 9 aromatic rings. The molecule has 0 saturated heterocycles. The van der Waals surface area contributed by atoms with Gasteiger partial charge in [0.1, 0.15) is 5.82 Å². The molecule has 41 heavy (non-hydrogen) atoms. The zero-order valence-electron chi connectivity index (χ0n) is 22.0. The lowest BCUT2D eigenvalue weighted by molar-refractivity contribution is 1.10. The van der Waals surface area contributed by atoms with E-state index < -0.39 is 0 Å². The van der Waals surface area contributed by atoms with E-state index >= 15 is 0 Å². The molecule has 0 aliphatic heterocycles. The van der Waals surface area contributed by atoms with Gasteiger partial charge in [0.25, 0.3) is 0 Å². The molecular weight excluding hydrogens is 498 g/mol. The highest BCUT2D eigenvalue weighted by Gasteiger charge is 2.24. The number of fused-ring (bicyclic) bond motifs is 2. The number of pyridine rings is 2. The molecule has 0 atom stereocenters. The first kappa shape index (κ1) is 21.3. The summed E-state index contributed by atoms with van der Waals surface area (Å²) in [6.07, 6.45) is 0. The second-order valence-corrected chi connectivity index (χ2v) is 11.0. The molecule has 3 heterocycles. The van der Waals surface area contributed by atoms with Crippen molar-refractivity contribution in [2.45, 2.75) is 0 Å². The molecule has 3 heteroatoms. The third kappa shape index (κ3) is 2.72. The predicted molar refractivity (Wildman–Crippen MR) is 171 cm³/mol. The standard InChI is InChI=1S/C38H21N3/c1-2-6-22(7-3-1)28-17-18-30-29(39-28)19-21-33(40-30)41-31-11-5-10-27-26-9-4-8-23-12-13-24-14-15-25-16-20-32(41)38(37(27)31)36(25)35(24)34(23)26/h1-21H. The summed E-state index contributed by atoms with van der Waals surface area (Å²) in [5, 5.41) is 10.5. The van der Waals surface area contributed by atoms with Gasteiger partial charge in [-0.15, -0.1) is 0 Å². The molecule has 0 spiro atoms. The second kappa shape index (κ2) is 7.56. The van der Waals surface area contributed by atoms with Crippen LogP contribution < -0.4 is 0 Å². The molecule has 6 aromatic carbocycles. The van der Waals surface area contributed by atoms with E-state index in [2.05, 4.69) is 114 Å². The molecule has 0 N–H and O–H groups in total. The molecule has 3 nitrogen and oxygen atoms in total. The molecule has 0 unspecified atom stereocenters. The van der Waals surface area contributed by atoms with Crippen LogP contribution in [0.1, 0.15) is 0 Å². The van der Waals surface area contributed by atoms with Crippen LogP contribution in [0.3, 0.4) is 0 Å². The van der Waals surface area contributed by atoms with Crippen LogP contribution >= 0.6 is 0 Å². The highest BCUT2D eigenvalue weighted by Crippen LogP contribution is 2.49. The van der Waals surface area contributed by atoms with Crippen LogP contribution in [0.5, 0.6) is 0 Å². The van der Waals surface area contributed by atoms with Crippen LogP contribution in [0, 0.1) is 0 Å². The van der Waals surface area contributed by atoms with Crippen molar-refractivity contribution in [2.75, 3.05) is 0 Å². The summed E-state index contributed by atoms with van der Waals surface area (Å²) in [5.74, 6) is 0.905. The normalized spacial score (nSPS) is 12.4. The number of rotatable bonds is 2. The maximum atomic E-state index is 5.18. The maximum absolute atomic E-state index is 5.18. The van der Waals surface area contributed by atoms with E-state index in [0.29, 0.717) is 0 Å². The molecule has 0 fully saturated rings. The van der Waals surface area contributed by atoms with Crippen molar-refractivity contribution >= 4 is 65.2 Å². The van der Waals surface area contributed by atoms with E-state index in [1.54, 1.807) is 0 Å². The van der Waals surface area contributed by atoms with E-state index in [-0.39, 0.29) is 0 Å². The van der Waals surface area contributed by atoms with Gasteiger partial charge in [-0.25, -0.2) is 9.97 Å².